The molecule has 0 aliphatic carbocycles. The zero-order valence-corrected chi connectivity index (χ0v) is 12.7. The third-order valence-electron chi connectivity index (χ3n) is 2.88. The lowest BCUT2D eigenvalue weighted by molar-refractivity contribution is 0.104. The van der Waals surface area contributed by atoms with Crippen molar-refractivity contribution in [2.75, 3.05) is 5.32 Å². The number of carbonyl (C=O) groups is 1. The highest BCUT2D eigenvalue weighted by molar-refractivity contribution is 6.37. The number of ketones is 1. The number of anilines is 1. The van der Waals surface area contributed by atoms with E-state index in [-0.39, 0.29) is 11.5 Å². The second-order valence-electron chi connectivity index (χ2n) is 4.47. The number of hydrogen-bond acceptors (Lipinski definition) is 3. The van der Waals surface area contributed by atoms with Crippen LogP contribution in [0.2, 0.25) is 10.0 Å². The molecule has 0 aliphatic rings. The highest BCUT2D eigenvalue weighted by atomic mass is 35.5. The van der Waals surface area contributed by atoms with Gasteiger partial charge in [-0.25, -0.2) is 0 Å². The molecule has 5 heteroatoms. The van der Waals surface area contributed by atoms with Gasteiger partial charge in [0, 0.05) is 28.5 Å². The third kappa shape index (κ3) is 4.00. The Bertz CT molecular complexity index is 711. The van der Waals surface area contributed by atoms with E-state index in [1.165, 1.54) is 18.3 Å². The van der Waals surface area contributed by atoms with Gasteiger partial charge in [0.1, 0.15) is 5.75 Å². The summed E-state index contributed by atoms with van der Waals surface area (Å²) in [5, 5.41) is 13.1. The number of halogens is 2. The summed E-state index contributed by atoms with van der Waals surface area (Å²) in [5.41, 5.74) is 2.07. The van der Waals surface area contributed by atoms with E-state index in [9.17, 15) is 9.90 Å². The molecule has 0 amide bonds. The van der Waals surface area contributed by atoms with Gasteiger partial charge in [-0.3, -0.25) is 4.79 Å². The van der Waals surface area contributed by atoms with Gasteiger partial charge < -0.3 is 10.4 Å². The minimum Gasteiger partial charge on any atom is -0.508 e. The van der Waals surface area contributed by atoms with Gasteiger partial charge in [-0.1, -0.05) is 23.2 Å². The van der Waals surface area contributed by atoms with Crippen LogP contribution in [0.4, 0.5) is 5.69 Å². The van der Waals surface area contributed by atoms with Gasteiger partial charge in [0.05, 0.1) is 5.02 Å². The number of carbonyl (C=O) groups excluding carboxylic acids is 1. The zero-order chi connectivity index (χ0) is 15.4. The Hall–Kier alpha value is -1.97. The van der Waals surface area contributed by atoms with Crippen LogP contribution in [0, 0.1) is 6.92 Å². The van der Waals surface area contributed by atoms with E-state index >= 15 is 0 Å². The maximum atomic E-state index is 12.0. The number of aryl methyl sites for hydroxylation is 1. The summed E-state index contributed by atoms with van der Waals surface area (Å²) >= 11 is 11.8. The highest BCUT2D eigenvalue weighted by Gasteiger charge is 2.07. The van der Waals surface area contributed by atoms with Crippen LogP contribution in [0.25, 0.3) is 0 Å². The number of aromatic hydroxyl groups is 1. The van der Waals surface area contributed by atoms with Crippen LogP contribution in [0.3, 0.4) is 0 Å². The standard InChI is InChI=1S/C16H13Cl2NO2/c1-10-8-12(20)3-5-15(10)19-7-6-16(21)13-4-2-11(17)9-14(13)18/h2-9,19-20H,1H3/b7-6+. The van der Waals surface area contributed by atoms with Crippen LogP contribution in [0.5, 0.6) is 5.75 Å². The molecule has 0 saturated carbocycles. The first-order valence-electron chi connectivity index (χ1n) is 6.19. The molecule has 0 saturated heterocycles. The molecule has 0 radical (unpaired) electrons. The second kappa shape index (κ2) is 6.66. The Morgan fingerprint density at radius 2 is 1.95 bits per heavy atom. The Morgan fingerprint density at radius 1 is 1.19 bits per heavy atom. The summed E-state index contributed by atoms with van der Waals surface area (Å²) in [7, 11) is 0. The smallest absolute Gasteiger partial charge is 0.188 e. The van der Waals surface area contributed by atoms with Crippen LogP contribution in [0.1, 0.15) is 15.9 Å². The van der Waals surface area contributed by atoms with E-state index in [0.29, 0.717) is 15.6 Å². The number of allylic oxidation sites excluding steroid dienone is 1. The van der Waals surface area contributed by atoms with Crippen molar-refractivity contribution >= 4 is 34.7 Å². The summed E-state index contributed by atoms with van der Waals surface area (Å²) < 4.78 is 0. The Labute approximate surface area is 132 Å². The maximum Gasteiger partial charge on any atom is 0.188 e. The molecule has 2 N–H and O–H groups in total. The molecule has 0 aliphatic heterocycles. The third-order valence-corrected chi connectivity index (χ3v) is 3.43. The van der Waals surface area contributed by atoms with Crippen LogP contribution in [-0.4, -0.2) is 10.9 Å². The van der Waals surface area contributed by atoms with E-state index in [4.69, 9.17) is 23.2 Å². The van der Waals surface area contributed by atoms with E-state index in [1.807, 2.05) is 6.92 Å². The summed E-state index contributed by atoms with van der Waals surface area (Å²) in [6.07, 6.45) is 2.92. The topological polar surface area (TPSA) is 49.3 Å². The SMILES string of the molecule is Cc1cc(O)ccc1N/C=C/C(=O)c1ccc(Cl)cc1Cl. The molecule has 0 unspecified atom stereocenters. The molecule has 0 atom stereocenters. The first-order valence-corrected chi connectivity index (χ1v) is 6.95. The summed E-state index contributed by atoms with van der Waals surface area (Å²) in [6.45, 7) is 1.85. The van der Waals surface area contributed by atoms with E-state index in [0.717, 1.165) is 11.3 Å². The Kier molecular flexibility index (Phi) is 4.89. The number of hydrogen-bond donors (Lipinski definition) is 2. The van der Waals surface area contributed by atoms with Crippen LogP contribution in [0.15, 0.2) is 48.7 Å². The van der Waals surface area contributed by atoms with Crippen molar-refractivity contribution in [2.45, 2.75) is 6.92 Å². The first kappa shape index (κ1) is 15.4. The first-order chi connectivity index (χ1) is 9.97. The molecule has 0 heterocycles. The van der Waals surface area contributed by atoms with Crippen molar-refractivity contribution < 1.29 is 9.90 Å². The molecule has 3 nitrogen and oxygen atoms in total. The lowest BCUT2D eigenvalue weighted by atomic mass is 10.1. The summed E-state index contributed by atoms with van der Waals surface area (Å²) in [6, 6.07) is 9.67. The fraction of sp³-hybridized carbons (Fsp3) is 0.0625. The van der Waals surface area contributed by atoms with E-state index in [1.54, 1.807) is 30.3 Å². The predicted octanol–water partition coefficient (Wildman–Crippen LogP) is 4.82. The van der Waals surface area contributed by atoms with Crippen LogP contribution in [-0.2, 0) is 0 Å². The van der Waals surface area contributed by atoms with Crippen molar-refractivity contribution in [1.29, 1.82) is 0 Å². The molecular formula is C16H13Cl2NO2. The Morgan fingerprint density at radius 3 is 2.62 bits per heavy atom. The maximum absolute atomic E-state index is 12.0. The molecule has 108 valence electrons. The van der Waals surface area contributed by atoms with E-state index in [2.05, 4.69) is 5.32 Å². The molecule has 0 aromatic heterocycles. The van der Waals surface area contributed by atoms with Gasteiger partial charge in [-0.05, 0) is 48.9 Å². The molecular weight excluding hydrogens is 309 g/mol. The van der Waals surface area contributed by atoms with Gasteiger partial charge in [-0.15, -0.1) is 0 Å². The lowest BCUT2D eigenvalue weighted by Gasteiger charge is -2.05. The average Bonchev–Trinajstić information content (AvgIpc) is 2.41. The van der Waals surface area contributed by atoms with Crippen LogP contribution < -0.4 is 5.32 Å². The monoisotopic (exact) mass is 321 g/mol. The molecule has 2 aromatic rings. The minimum absolute atomic E-state index is 0.200. The number of nitrogens with one attached hydrogen (secondary N) is 1. The predicted molar refractivity (Wildman–Crippen MR) is 86.4 cm³/mol. The lowest BCUT2D eigenvalue weighted by Crippen LogP contribution is -1.98. The van der Waals surface area contributed by atoms with Crippen LogP contribution >= 0.6 is 23.2 Å². The molecule has 21 heavy (non-hydrogen) atoms. The van der Waals surface area contributed by atoms with Crippen molar-refractivity contribution in [3.8, 4) is 5.75 Å². The fourth-order valence-electron chi connectivity index (χ4n) is 1.80. The molecule has 2 rings (SSSR count). The summed E-state index contributed by atoms with van der Waals surface area (Å²) in [4.78, 5) is 12.0. The van der Waals surface area contributed by atoms with E-state index < -0.39 is 0 Å². The second-order valence-corrected chi connectivity index (χ2v) is 5.31. The largest absolute Gasteiger partial charge is 0.508 e. The molecule has 0 bridgehead atoms. The van der Waals surface area contributed by atoms with Gasteiger partial charge in [0.2, 0.25) is 0 Å². The molecule has 2 aromatic carbocycles. The zero-order valence-electron chi connectivity index (χ0n) is 11.2. The molecule has 0 spiro atoms. The van der Waals surface area contributed by atoms with Gasteiger partial charge in [0.15, 0.2) is 5.78 Å². The Balaban J connectivity index is 2.08. The number of benzene rings is 2. The highest BCUT2D eigenvalue weighted by Crippen LogP contribution is 2.22. The minimum atomic E-state index is -0.222. The number of phenolic OH excluding ortho intramolecular Hbond substituents is 1. The normalized spacial score (nSPS) is 10.8. The quantitative estimate of drug-likeness (QED) is 0.482. The average molecular weight is 322 g/mol. The fourth-order valence-corrected chi connectivity index (χ4v) is 2.30. The number of phenols is 1. The molecule has 0 fully saturated rings. The van der Waals surface area contributed by atoms with Gasteiger partial charge >= 0.3 is 0 Å². The van der Waals surface area contributed by atoms with Crippen molar-refractivity contribution in [2.24, 2.45) is 0 Å². The van der Waals surface area contributed by atoms with Crippen molar-refractivity contribution in [3.63, 3.8) is 0 Å². The summed E-state index contributed by atoms with van der Waals surface area (Å²) in [5.74, 6) is -0.0216. The van der Waals surface area contributed by atoms with Gasteiger partial charge in [-0.2, -0.15) is 0 Å². The number of rotatable bonds is 4. The van der Waals surface area contributed by atoms with Gasteiger partial charge in [0.25, 0.3) is 0 Å². The van der Waals surface area contributed by atoms with Crippen molar-refractivity contribution in [3.05, 3.63) is 69.8 Å². The van der Waals surface area contributed by atoms with Crippen molar-refractivity contribution in [1.82, 2.24) is 0 Å².